The third-order valence-corrected chi connectivity index (χ3v) is 5.45. The molecule has 0 saturated heterocycles. The highest BCUT2D eigenvalue weighted by Gasteiger charge is 2.20. The maximum absolute atomic E-state index is 13.4. The zero-order valence-corrected chi connectivity index (χ0v) is 14.8. The first-order valence-corrected chi connectivity index (χ1v) is 10.2. The second-order valence-electron chi connectivity index (χ2n) is 6.32. The molecule has 0 atom stereocenters. The van der Waals surface area contributed by atoms with Crippen molar-refractivity contribution in [2.45, 2.75) is 51.0 Å². The quantitative estimate of drug-likeness (QED) is 0.797. The molecule has 0 unspecified atom stereocenters. The molecule has 1 aromatic rings. The molecule has 1 saturated carbocycles. The fraction of sp³-hybridized carbons (Fsp3) is 0.588. The number of anilines is 1. The minimum atomic E-state index is -3.58. The number of carbonyl (C=O) groups excluding carboxylic acids is 1. The smallest absolute Gasteiger partial charge is 0.232 e. The van der Waals surface area contributed by atoms with Crippen molar-refractivity contribution in [3.8, 4) is 0 Å². The monoisotopic (exact) mass is 356 g/mol. The number of hydrogen-bond donors (Lipinski definition) is 1. The summed E-state index contributed by atoms with van der Waals surface area (Å²) >= 11 is 0. The molecule has 5 nitrogen and oxygen atoms in total. The lowest BCUT2D eigenvalue weighted by Crippen LogP contribution is -2.38. The molecule has 0 bridgehead atoms. The molecule has 1 aliphatic carbocycles. The third-order valence-electron chi connectivity index (χ3n) is 4.26. The fourth-order valence-corrected chi connectivity index (χ4v) is 3.96. The molecule has 0 aliphatic heterocycles. The number of halogens is 1. The van der Waals surface area contributed by atoms with Crippen LogP contribution in [0.25, 0.3) is 0 Å². The Labute approximate surface area is 143 Å². The summed E-state index contributed by atoms with van der Waals surface area (Å²) < 4.78 is 38.4. The van der Waals surface area contributed by atoms with Crippen LogP contribution in [-0.4, -0.2) is 33.2 Å². The Morgan fingerprint density at radius 1 is 1.25 bits per heavy atom. The van der Waals surface area contributed by atoms with Crippen molar-refractivity contribution >= 4 is 21.6 Å². The van der Waals surface area contributed by atoms with Crippen LogP contribution in [0.2, 0.25) is 0 Å². The predicted molar refractivity (Wildman–Crippen MR) is 92.8 cm³/mol. The largest absolute Gasteiger partial charge is 0.353 e. The van der Waals surface area contributed by atoms with Crippen molar-refractivity contribution in [3.63, 3.8) is 0 Å². The van der Waals surface area contributed by atoms with E-state index in [-0.39, 0.29) is 30.6 Å². The molecule has 7 heteroatoms. The van der Waals surface area contributed by atoms with Crippen LogP contribution in [-0.2, 0) is 14.8 Å². The Bertz CT molecular complexity index is 656. The Kier molecular flexibility index (Phi) is 6.60. The molecule has 1 aromatic carbocycles. The first kappa shape index (κ1) is 18.7. The second kappa shape index (κ2) is 8.46. The van der Waals surface area contributed by atoms with Crippen LogP contribution in [0.5, 0.6) is 0 Å². The minimum absolute atomic E-state index is 0.000833. The highest BCUT2D eigenvalue weighted by molar-refractivity contribution is 7.92. The summed E-state index contributed by atoms with van der Waals surface area (Å²) in [6.07, 6.45) is 7.70. The number of hydrogen-bond acceptors (Lipinski definition) is 3. The van der Waals surface area contributed by atoms with E-state index in [9.17, 15) is 17.6 Å². The van der Waals surface area contributed by atoms with Crippen molar-refractivity contribution in [3.05, 3.63) is 30.1 Å². The lowest BCUT2D eigenvalue weighted by Gasteiger charge is -2.23. The van der Waals surface area contributed by atoms with Crippen molar-refractivity contribution < 1.29 is 17.6 Å². The van der Waals surface area contributed by atoms with Gasteiger partial charge in [-0.1, -0.05) is 31.7 Å². The average Bonchev–Trinajstić information content (AvgIpc) is 2.75. The third kappa shape index (κ3) is 5.78. The van der Waals surface area contributed by atoms with Gasteiger partial charge in [0.05, 0.1) is 11.9 Å². The number of nitrogens with one attached hydrogen (secondary N) is 1. The van der Waals surface area contributed by atoms with E-state index < -0.39 is 15.8 Å². The molecule has 0 spiro atoms. The average molecular weight is 356 g/mol. The summed E-state index contributed by atoms with van der Waals surface area (Å²) in [5.74, 6) is -0.670. The molecule has 0 aromatic heterocycles. The van der Waals surface area contributed by atoms with Gasteiger partial charge in [-0.2, -0.15) is 0 Å². The summed E-state index contributed by atoms with van der Waals surface area (Å²) in [5.41, 5.74) is 0.236. The summed E-state index contributed by atoms with van der Waals surface area (Å²) in [6, 6.07) is 5.57. The number of benzene rings is 1. The molecular weight excluding hydrogens is 331 g/mol. The Morgan fingerprint density at radius 3 is 2.50 bits per heavy atom. The summed E-state index contributed by atoms with van der Waals surface area (Å²) in [4.78, 5) is 12.1. The molecule has 2 rings (SSSR count). The normalized spacial score (nSPS) is 16.4. The van der Waals surface area contributed by atoms with Crippen LogP contribution in [0, 0.1) is 5.82 Å². The topological polar surface area (TPSA) is 66.5 Å². The van der Waals surface area contributed by atoms with E-state index in [0.717, 1.165) is 42.3 Å². The van der Waals surface area contributed by atoms with E-state index in [1.807, 2.05) is 0 Å². The van der Waals surface area contributed by atoms with E-state index in [0.29, 0.717) is 0 Å². The molecule has 1 N–H and O–H groups in total. The number of rotatable bonds is 6. The van der Waals surface area contributed by atoms with Crippen LogP contribution < -0.4 is 9.62 Å². The highest BCUT2D eigenvalue weighted by atomic mass is 32.2. The van der Waals surface area contributed by atoms with Crippen molar-refractivity contribution in [2.24, 2.45) is 0 Å². The van der Waals surface area contributed by atoms with Crippen molar-refractivity contribution in [1.82, 2.24) is 5.32 Å². The lowest BCUT2D eigenvalue weighted by atomic mass is 10.1. The Hall–Kier alpha value is -1.63. The van der Waals surface area contributed by atoms with Gasteiger partial charge in [-0.05, 0) is 31.0 Å². The Balaban J connectivity index is 1.96. The van der Waals surface area contributed by atoms with Gasteiger partial charge in [-0.25, -0.2) is 12.8 Å². The number of sulfonamides is 1. The number of nitrogens with zero attached hydrogens (tertiary/aromatic N) is 1. The summed E-state index contributed by atoms with van der Waals surface area (Å²) in [6.45, 7) is 0.000833. The van der Waals surface area contributed by atoms with Gasteiger partial charge in [-0.15, -0.1) is 0 Å². The molecule has 0 radical (unpaired) electrons. The van der Waals surface area contributed by atoms with Crippen LogP contribution in [0.1, 0.15) is 44.9 Å². The van der Waals surface area contributed by atoms with Gasteiger partial charge in [0.15, 0.2) is 0 Å². The van der Waals surface area contributed by atoms with Gasteiger partial charge < -0.3 is 5.32 Å². The van der Waals surface area contributed by atoms with E-state index in [1.165, 1.54) is 31.0 Å². The van der Waals surface area contributed by atoms with Crippen molar-refractivity contribution in [2.75, 3.05) is 17.1 Å². The van der Waals surface area contributed by atoms with Crippen LogP contribution >= 0.6 is 0 Å². The van der Waals surface area contributed by atoms with Gasteiger partial charge in [0.1, 0.15) is 5.82 Å². The van der Waals surface area contributed by atoms with Gasteiger partial charge in [-0.3, -0.25) is 9.10 Å². The summed E-state index contributed by atoms with van der Waals surface area (Å²) in [7, 11) is -3.58. The number of carbonyl (C=O) groups is 1. The molecule has 24 heavy (non-hydrogen) atoms. The highest BCUT2D eigenvalue weighted by Crippen LogP contribution is 2.20. The van der Waals surface area contributed by atoms with E-state index >= 15 is 0 Å². The van der Waals surface area contributed by atoms with Gasteiger partial charge >= 0.3 is 0 Å². The SMILES string of the molecule is CS(=O)(=O)N(CCC(=O)NC1CCCCCC1)c1cccc(F)c1. The zero-order valence-electron chi connectivity index (χ0n) is 14.0. The predicted octanol–water partition coefficient (Wildman–Crippen LogP) is 2.82. The van der Waals surface area contributed by atoms with Crippen LogP contribution in [0.3, 0.4) is 0 Å². The first-order valence-electron chi connectivity index (χ1n) is 8.39. The van der Waals surface area contributed by atoms with E-state index in [4.69, 9.17) is 0 Å². The first-order chi connectivity index (χ1) is 11.4. The maximum Gasteiger partial charge on any atom is 0.232 e. The molecule has 1 fully saturated rings. The standard InChI is InChI=1S/C17H25FN2O3S/c1-24(22,23)20(16-10-6-7-14(18)13-16)12-11-17(21)19-15-8-4-2-3-5-9-15/h6-7,10,13,15H,2-5,8-9,11-12H2,1H3,(H,19,21). The molecule has 134 valence electrons. The van der Waals surface area contributed by atoms with Crippen LogP contribution in [0.4, 0.5) is 10.1 Å². The second-order valence-corrected chi connectivity index (χ2v) is 8.23. The van der Waals surface area contributed by atoms with Crippen molar-refractivity contribution in [1.29, 1.82) is 0 Å². The Morgan fingerprint density at radius 2 is 1.92 bits per heavy atom. The summed E-state index contributed by atoms with van der Waals surface area (Å²) in [5, 5.41) is 2.99. The van der Waals surface area contributed by atoms with Crippen LogP contribution in [0.15, 0.2) is 24.3 Å². The van der Waals surface area contributed by atoms with Gasteiger partial charge in [0, 0.05) is 19.0 Å². The van der Waals surface area contributed by atoms with E-state index in [2.05, 4.69) is 5.32 Å². The van der Waals surface area contributed by atoms with E-state index in [1.54, 1.807) is 0 Å². The molecular formula is C17H25FN2O3S. The zero-order chi connectivity index (χ0) is 17.6. The van der Waals surface area contributed by atoms with Gasteiger partial charge in [0.2, 0.25) is 15.9 Å². The molecule has 0 heterocycles. The minimum Gasteiger partial charge on any atom is -0.353 e. The number of amides is 1. The molecule has 1 amide bonds. The molecule has 1 aliphatic rings. The maximum atomic E-state index is 13.4. The lowest BCUT2D eigenvalue weighted by molar-refractivity contribution is -0.121. The fourth-order valence-electron chi connectivity index (χ4n) is 3.04. The van der Waals surface area contributed by atoms with Gasteiger partial charge in [0.25, 0.3) is 0 Å².